The fraction of sp³-hybridized carbons (Fsp3) is 0.611. The molecule has 2 aromatic rings. The van der Waals surface area contributed by atoms with Crippen molar-refractivity contribution in [1.82, 2.24) is 14.5 Å². The minimum atomic E-state index is -4.49. The van der Waals surface area contributed by atoms with E-state index in [1.807, 2.05) is 0 Å². The highest BCUT2D eigenvalue weighted by molar-refractivity contribution is 7.89. The number of amides is 2. The molecule has 0 spiro atoms. The quantitative estimate of drug-likeness (QED) is 0.304. The minimum absolute atomic E-state index is 0.0117. The fourth-order valence-electron chi connectivity index (χ4n) is 6.79. The van der Waals surface area contributed by atoms with Crippen LogP contribution >= 0.6 is 0 Å². The Bertz CT molecular complexity index is 1550. The summed E-state index contributed by atoms with van der Waals surface area (Å²) in [6.45, 7) is 6.45. The number of ether oxygens (including phenoxy) is 3. The maximum absolute atomic E-state index is 14.1. The number of sulfonamides is 1. The molecule has 0 aromatic heterocycles. The van der Waals surface area contributed by atoms with E-state index in [0.717, 1.165) is 25.0 Å². The van der Waals surface area contributed by atoms with E-state index in [1.54, 1.807) is 37.8 Å². The average Bonchev–Trinajstić information content (AvgIpc) is 3.07. The van der Waals surface area contributed by atoms with Crippen molar-refractivity contribution in [3.8, 4) is 11.5 Å². The first kappa shape index (κ1) is 37.7. The van der Waals surface area contributed by atoms with Gasteiger partial charge in [-0.05, 0) is 107 Å². The van der Waals surface area contributed by atoms with Crippen LogP contribution < -0.4 is 14.8 Å². The molecule has 3 aliphatic rings. The van der Waals surface area contributed by atoms with Gasteiger partial charge in [-0.25, -0.2) is 13.2 Å². The highest BCUT2D eigenvalue weighted by Crippen LogP contribution is 2.33. The molecule has 10 nitrogen and oxygen atoms in total. The average molecular weight is 724 g/mol. The van der Waals surface area contributed by atoms with Crippen molar-refractivity contribution in [2.24, 2.45) is 5.92 Å². The lowest BCUT2D eigenvalue weighted by Gasteiger charge is -2.41. The van der Waals surface area contributed by atoms with E-state index in [2.05, 4.69) is 5.32 Å². The molecule has 2 atom stereocenters. The number of alkyl halides is 3. The van der Waals surface area contributed by atoms with Crippen molar-refractivity contribution in [2.45, 2.75) is 113 Å². The molecule has 1 N–H and O–H groups in total. The monoisotopic (exact) mass is 723 g/mol. The first-order chi connectivity index (χ1) is 23.6. The molecular weight excluding hydrogens is 675 g/mol. The van der Waals surface area contributed by atoms with E-state index in [4.69, 9.17) is 14.2 Å². The number of rotatable bonds is 9. The lowest BCUT2D eigenvalue weighted by molar-refractivity contribution is -0.139. The van der Waals surface area contributed by atoms with Crippen molar-refractivity contribution < 1.29 is 45.4 Å². The molecular formula is C36H48F3N3O7S. The van der Waals surface area contributed by atoms with Crippen LogP contribution in [-0.4, -0.2) is 79.7 Å². The SMILES string of the molecule is CC(C)(C)OC(=O)NC1CCN(C(=O)[C@@H]2C[C@@H](Oc3ccc(C(F)(F)F)cc3)CCN2S(=O)(=O)c2ccc(OCC3CCCCC3)cc2)CC1. The van der Waals surface area contributed by atoms with Crippen LogP contribution in [0.5, 0.6) is 11.5 Å². The molecule has 0 radical (unpaired) electrons. The van der Waals surface area contributed by atoms with Gasteiger partial charge in [-0.2, -0.15) is 17.5 Å². The van der Waals surface area contributed by atoms with Crippen LogP contribution in [0.25, 0.3) is 0 Å². The van der Waals surface area contributed by atoms with Crippen molar-refractivity contribution in [3.63, 3.8) is 0 Å². The molecule has 5 rings (SSSR count). The zero-order chi connectivity index (χ0) is 36.1. The number of carbonyl (C=O) groups is 2. The predicted octanol–water partition coefficient (Wildman–Crippen LogP) is 6.78. The highest BCUT2D eigenvalue weighted by Gasteiger charge is 2.44. The van der Waals surface area contributed by atoms with Gasteiger partial charge in [0.1, 0.15) is 29.2 Å². The molecule has 276 valence electrons. The zero-order valence-electron chi connectivity index (χ0n) is 28.9. The highest BCUT2D eigenvalue weighted by atomic mass is 32.2. The molecule has 2 amide bonds. The summed E-state index contributed by atoms with van der Waals surface area (Å²) < 4.78 is 86.0. The third kappa shape index (κ3) is 10.0. The lowest BCUT2D eigenvalue weighted by Crippen LogP contribution is -2.58. The molecule has 2 aromatic carbocycles. The molecule has 2 aliphatic heterocycles. The van der Waals surface area contributed by atoms with Gasteiger partial charge in [0.15, 0.2) is 0 Å². The largest absolute Gasteiger partial charge is 0.493 e. The number of likely N-dealkylation sites (tertiary alicyclic amines) is 1. The van der Waals surface area contributed by atoms with Crippen LogP contribution in [0.3, 0.4) is 0 Å². The normalized spacial score (nSPS) is 21.8. The predicted molar refractivity (Wildman–Crippen MR) is 180 cm³/mol. The number of nitrogens with zero attached hydrogens (tertiary/aromatic N) is 2. The third-order valence-corrected chi connectivity index (χ3v) is 11.4. The topological polar surface area (TPSA) is 114 Å². The molecule has 50 heavy (non-hydrogen) atoms. The van der Waals surface area contributed by atoms with Crippen LogP contribution in [0.2, 0.25) is 0 Å². The second-order valence-corrected chi connectivity index (χ2v) is 16.3. The zero-order valence-corrected chi connectivity index (χ0v) is 29.7. The van der Waals surface area contributed by atoms with Gasteiger partial charge in [0.25, 0.3) is 0 Å². The summed E-state index contributed by atoms with van der Waals surface area (Å²) >= 11 is 0. The summed E-state index contributed by atoms with van der Waals surface area (Å²) in [7, 11) is -4.13. The first-order valence-electron chi connectivity index (χ1n) is 17.5. The van der Waals surface area contributed by atoms with Crippen LogP contribution in [0.1, 0.15) is 84.1 Å². The van der Waals surface area contributed by atoms with Crippen molar-refractivity contribution in [1.29, 1.82) is 0 Å². The number of alkyl carbamates (subject to hydrolysis) is 1. The van der Waals surface area contributed by atoms with E-state index >= 15 is 0 Å². The number of nitrogens with one attached hydrogen (secondary N) is 1. The summed E-state index contributed by atoms with van der Waals surface area (Å²) in [5.41, 5.74) is -1.47. The number of carbonyl (C=O) groups excluding carboxylic acids is 2. The van der Waals surface area contributed by atoms with E-state index in [1.165, 1.54) is 47.8 Å². The lowest BCUT2D eigenvalue weighted by atomic mass is 9.90. The fourth-order valence-corrected chi connectivity index (χ4v) is 8.39. The number of hydrogen-bond donors (Lipinski definition) is 1. The maximum Gasteiger partial charge on any atom is 0.416 e. The summed E-state index contributed by atoms with van der Waals surface area (Å²) in [6.07, 6.45) is 1.38. The second-order valence-electron chi connectivity index (χ2n) is 14.5. The Morgan fingerprint density at radius 1 is 0.840 bits per heavy atom. The Hall–Kier alpha value is -3.52. The van der Waals surface area contributed by atoms with E-state index < -0.39 is 51.5 Å². The molecule has 3 fully saturated rings. The van der Waals surface area contributed by atoms with Gasteiger partial charge < -0.3 is 24.4 Å². The Morgan fingerprint density at radius 3 is 2.06 bits per heavy atom. The number of halogens is 3. The van der Waals surface area contributed by atoms with E-state index in [-0.39, 0.29) is 36.1 Å². The van der Waals surface area contributed by atoms with Crippen LogP contribution in [0.4, 0.5) is 18.0 Å². The summed E-state index contributed by atoms with van der Waals surface area (Å²) in [4.78, 5) is 28.0. The Morgan fingerprint density at radius 2 is 1.46 bits per heavy atom. The molecule has 1 saturated carbocycles. The molecule has 2 saturated heterocycles. The molecule has 1 aliphatic carbocycles. The first-order valence-corrected chi connectivity index (χ1v) is 18.9. The van der Waals surface area contributed by atoms with Gasteiger partial charge in [0.05, 0.1) is 17.1 Å². The third-order valence-electron chi connectivity index (χ3n) is 9.44. The number of piperidine rings is 2. The standard InChI is InChI=1S/C36H48F3N3O7S/c1-35(2,3)49-34(44)40-27-17-20-41(21-18-27)33(43)32-23-30(48-29-11-9-26(10-12-29)36(37,38)39)19-22-42(32)50(45,46)31-15-13-28(14-16-31)47-24-25-7-5-4-6-8-25/h9-16,25,27,30,32H,4-8,17-24H2,1-3H3,(H,40,44)/t30-,32-/m0/s1. The molecule has 0 bridgehead atoms. The smallest absolute Gasteiger partial charge is 0.416 e. The Kier molecular flexibility index (Phi) is 11.9. The van der Waals surface area contributed by atoms with Gasteiger partial charge in [-0.15, -0.1) is 0 Å². The van der Waals surface area contributed by atoms with Gasteiger partial charge in [0, 0.05) is 32.1 Å². The van der Waals surface area contributed by atoms with Crippen molar-refractivity contribution in [2.75, 3.05) is 26.2 Å². The Labute approximate surface area is 292 Å². The minimum Gasteiger partial charge on any atom is -0.493 e. The second kappa shape index (κ2) is 15.8. The number of benzene rings is 2. The van der Waals surface area contributed by atoms with Crippen LogP contribution in [-0.2, 0) is 25.7 Å². The van der Waals surface area contributed by atoms with E-state index in [0.29, 0.717) is 44.2 Å². The summed E-state index contributed by atoms with van der Waals surface area (Å²) in [5.74, 6) is 0.873. The van der Waals surface area contributed by atoms with Crippen molar-refractivity contribution >= 4 is 22.0 Å². The molecule has 14 heteroatoms. The summed E-state index contributed by atoms with van der Waals surface area (Å²) in [5, 5.41) is 2.84. The van der Waals surface area contributed by atoms with Gasteiger partial charge >= 0.3 is 12.3 Å². The van der Waals surface area contributed by atoms with Crippen molar-refractivity contribution in [3.05, 3.63) is 54.1 Å². The van der Waals surface area contributed by atoms with Gasteiger partial charge in [-0.1, -0.05) is 19.3 Å². The van der Waals surface area contributed by atoms with E-state index in [9.17, 15) is 31.2 Å². The number of hydrogen-bond acceptors (Lipinski definition) is 7. The van der Waals surface area contributed by atoms with Gasteiger partial charge in [0.2, 0.25) is 15.9 Å². The summed E-state index contributed by atoms with van der Waals surface area (Å²) in [6, 6.07) is 9.24. The molecule has 0 unspecified atom stereocenters. The van der Waals surface area contributed by atoms with Gasteiger partial charge in [-0.3, -0.25) is 4.79 Å². The molecule has 2 heterocycles. The maximum atomic E-state index is 14.1. The van der Waals surface area contributed by atoms with Crippen LogP contribution in [0.15, 0.2) is 53.4 Å². The Balaban J connectivity index is 1.29. The van der Waals surface area contributed by atoms with Crippen LogP contribution in [0, 0.1) is 5.92 Å².